The highest BCUT2D eigenvalue weighted by molar-refractivity contribution is 5.90. The lowest BCUT2D eigenvalue weighted by Gasteiger charge is -2.13. The van der Waals surface area contributed by atoms with E-state index in [0.29, 0.717) is 11.3 Å². The third-order valence-corrected chi connectivity index (χ3v) is 3.70. The van der Waals surface area contributed by atoms with Gasteiger partial charge >= 0.3 is 0 Å². The largest absolute Gasteiger partial charge is 0.494 e. The van der Waals surface area contributed by atoms with Gasteiger partial charge in [0.05, 0.1) is 5.69 Å². The number of aryl methyl sites for hydroxylation is 1. The quantitative estimate of drug-likeness (QED) is 0.733. The van der Waals surface area contributed by atoms with Crippen LogP contribution in [0.2, 0.25) is 0 Å². The van der Waals surface area contributed by atoms with E-state index in [4.69, 9.17) is 0 Å². The minimum atomic E-state index is -0.182. The topological polar surface area (TPSA) is 42.2 Å². The maximum Gasteiger partial charge on any atom is 0.261 e. The summed E-state index contributed by atoms with van der Waals surface area (Å²) in [6.07, 6.45) is 0. The van der Waals surface area contributed by atoms with E-state index in [2.05, 4.69) is 0 Å². The highest BCUT2D eigenvalue weighted by atomic mass is 16.3. The number of aromatic nitrogens is 1. The van der Waals surface area contributed by atoms with Gasteiger partial charge in [-0.05, 0) is 30.9 Å². The Morgan fingerprint density at radius 2 is 1.70 bits per heavy atom. The van der Waals surface area contributed by atoms with Gasteiger partial charge in [0.2, 0.25) is 0 Å². The second kappa shape index (κ2) is 4.53. The summed E-state index contributed by atoms with van der Waals surface area (Å²) in [5, 5.41) is 12.1. The number of benzene rings is 2. The van der Waals surface area contributed by atoms with Crippen LogP contribution in [0.15, 0.2) is 53.3 Å². The Morgan fingerprint density at radius 1 is 1.00 bits per heavy atom. The van der Waals surface area contributed by atoms with Crippen LogP contribution in [0, 0.1) is 13.8 Å². The predicted octanol–water partition coefficient (Wildman–Crippen LogP) is 3.31. The monoisotopic (exact) mass is 265 g/mol. The molecule has 0 aliphatic heterocycles. The molecular weight excluding hydrogens is 250 g/mol. The van der Waals surface area contributed by atoms with Crippen molar-refractivity contribution in [3.63, 3.8) is 0 Å². The summed E-state index contributed by atoms with van der Waals surface area (Å²) in [7, 11) is 0. The number of nitrogens with zero attached hydrogens (tertiary/aromatic N) is 1. The molecule has 3 nitrogen and oxygen atoms in total. The standard InChI is InChI=1S/C17H15NO2/c1-11-10-16(19)18(17(20)12(11)2)15-9-5-7-13-6-3-4-8-14(13)15/h3-10,19H,1-2H3. The molecule has 0 aliphatic rings. The molecule has 20 heavy (non-hydrogen) atoms. The summed E-state index contributed by atoms with van der Waals surface area (Å²) in [4.78, 5) is 12.5. The summed E-state index contributed by atoms with van der Waals surface area (Å²) in [6, 6.07) is 15.2. The third kappa shape index (κ3) is 1.79. The van der Waals surface area contributed by atoms with Crippen molar-refractivity contribution < 1.29 is 5.11 Å². The number of pyridine rings is 1. The molecule has 0 saturated heterocycles. The minimum absolute atomic E-state index is 0.0329. The molecule has 0 amide bonds. The van der Waals surface area contributed by atoms with Gasteiger partial charge in [0.1, 0.15) is 0 Å². The first-order valence-electron chi connectivity index (χ1n) is 6.50. The first-order chi connectivity index (χ1) is 9.59. The minimum Gasteiger partial charge on any atom is -0.494 e. The van der Waals surface area contributed by atoms with Crippen molar-refractivity contribution in [2.75, 3.05) is 0 Å². The zero-order valence-corrected chi connectivity index (χ0v) is 11.4. The smallest absolute Gasteiger partial charge is 0.261 e. The van der Waals surface area contributed by atoms with Crippen molar-refractivity contribution in [2.24, 2.45) is 0 Å². The molecule has 100 valence electrons. The fraction of sp³-hybridized carbons (Fsp3) is 0.118. The van der Waals surface area contributed by atoms with Crippen molar-refractivity contribution in [1.29, 1.82) is 0 Å². The Labute approximate surface area is 116 Å². The van der Waals surface area contributed by atoms with Crippen LogP contribution in [-0.2, 0) is 0 Å². The number of hydrogen-bond acceptors (Lipinski definition) is 2. The number of aromatic hydroxyl groups is 1. The van der Waals surface area contributed by atoms with E-state index in [-0.39, 0.29) is 11.4 Å². The van der Waals surface area contributed by atoms with Gasteiger partial charge < -0.3 is 5.11 Å². The molecule has 3 aromatic rings. The van der Waals surface area contributed by atoms with Crippen LogP contribution in [0.25, 0.3) is 16.5 Å². The fourth-order valence-electron chi connectivity index (χ4n) is 2.44. The van der Waals surface area contributed by atoms with Gasteiger partial charge in [0, 0.05) is 17.0 Å². The Morgan fingerprint density at radius 3 is 2.50 bits per heavy atom. The van der Waals surface area contributed by atoms with Crippen LogP contribution in [0.4, 0.5) is 0 Å². The van der Waals surface area contributed by atoms with Gasteiger partial charge in [-0.25, -0.2) is 4.57 Å². The normalized spacial score (nSPS) is 10.9. The first kappa shape index (κ1) is 12.5. The Kier molecular flexibility index (Phi) is 2.83. The van der Waals surface area contributed by atoms with E-state index in [9.17, 15) is 9.90 Å². The Balaban J connectivity index is 2.44. The van der Waals surface area contributed by atoms with Gasteiger partial charge in [-0.1, -0.05) is 36.4 Å². The summed E-state index contributed by atoms with van der Waals surface area (Å²) in [5.41, 5.74) is 1.97. The van der Waals surface area contributed by atoms with Gasteiger partial charge in [0.15, 0.2) is 5.88 Å². The first-order valence-corrected chi connectivity index (χ1v) is 6.50. The van der Waals surface area contributed by atoms with Gasteiger partial charge in [-0.2, -0.15) is 0 Å². The zero-order chi connectivity index (χ0) is 14.3. The number of fused-ring (bicyclic) bond motifs is 1. The SMILES string of the molecule is Cc1cc(O)n(-c2cccc3ccccc23)c(=O)c1C. The second-order valence-corrected chi connectivity index (χ2v) is 4.95. The lowest BCUT2D eigenvalue weighted by molar-refractivity contribution is 0.434. The molecule has 0 saturated carbocycles. The summed E-state index contributed by atoms with van der Waals surface area (Å²) >= 11 is 0. The van der Waals surface area contributed by atoms with Crippen LogP contribution in [0.5, 0.6) is 5.88 Å². The molecule has 1 N–H and O–H groups in total. The summed E-state index contributed by atoms with van der Waals surface area (Å²) in [6.45, 7) is 3.60. The van der Waals surface area contributed by atoms with Crippen molar-refractivity contribution in [3.05, 3.63) is 70.0 Å². The molecule has 1 aromatic heterocycles. The predicted molar refractivity (Wildman–Crippen MR) is 80.7 cm³/mol. The molecule has 3 heteroatoms. The van der Waals surface area contributed by atoms with Crippen molar-refractivity contribution in [3.8, 4) is 11.6 Å². The van der Waals surface area contributed by atoms with Gasteiger partial charge in [0.25, 0.3) is 5.56 Å². The Bertz CT molecular complexity index is 857. The molecule has 0 spiro atoms. The molecule has 0 atom stereocenters. The molecule has 2 aromatic carbocycles. The second-order valence-electron chi connectivity index (χ2n) is 4.95. The van der Waals surface area contributed by atoms with E-state index in [1.165, 1.54) is 4.57 Å². The van der Waals surface area contributed by atoms with Crippen molar-refractivity contribution in [2.45, 2.75) is 13.8 Å². The van der Waals surface area contributed by atoms with E-state index in [0.717, 1.165) is 16.3 Å². The van der Waals surface area contributed by atoms with Crippen molar-refractivity contribution in [1.82, 2.24) is 4.57 Å². The molecule has 0 unspecified atom stereocenters. The maximum absolute atomic E-state index is 12.5. The van der Waals surface area contributed by atoms with Gasteiger partial charge in [-0.15, -0.1) is 0 Å². The maximum atomic E-state index is 12.5. The molecule has 0 fully saturated rings. The average Bonchev–Trinajstić information content (AvgIpc) is 2.45. The molecule has 0 radical (unpaired) electrons. The van der Waals surface area contributed by atoms with Crippen LogP contribution < -0.4 is 5.56 Å². The zero-order valence-electron chi connectivity index (χ0n) is 11.4. The molecule has 0 bridgehead atoms. The van der Waals surface area contributed by atoms with E-state index in [1.807, 2.05) is 49.4 Å². The molecule has 1 heterocycles. The van der Waals surface area contributed by atoms with Crippen LogP contribution in [0.1, 0.15) is 11.1 Å². The van der Waals surface area contributed by atoms with E-state index in [1.54, 1.807) is 13.0 Å². The lowest BCUT2D eigenvalue weighted by Crippen LogP contribution is -2.21. The number of rotatable bonds is 1. The molecule has 3 rings (SSSR count). The van der Waals surface area contributed by atoms with Crippen LogP contribution in [-0.4, -0.2) is 9.67 Å². The summed E-state index contributed by atoms with van der Waals surface area (Å²) in [5.74, 6) is -0.0329. The lowest BCUT2D eigenvalue weighted by atomic mass is 10.1. The number of hydrogen-bond donors (Lipinski definition) is 1. The van der Waals surface area contributed by atoms with Crippen LogP contribution >= 0.6 is 0 Å². The molecule has 0 aliphatic carbocycles. The summed E-state index contributed by atoms with van der Waals surface area (Å²) < 4.78 is 1.37. The highest BCUT2D eigenvalue weighted by Crippen LogP contribution is 2.25. The molecular formula is C17H15NO2. The Hall–Kier alpha value is -2.55. The van der Waals surface area contributed by atoms with Gasteiger partial charge in [-0.3, -0.25) is 4.79 Å². The third-order valence-electron chi connectivity index (χ3n) is 3.70. The average molecular weight is 265 g/mol. The van der Waals surface area contributed by atoms with Crippen LogP contribution in [0.3, 0.4) is 0 Å². The van der Waals surface area contributed by atoms with Crippen molar-refractivity contribution >= 4 is 10.8 Å². The van der Waals surface area contributed by atoms with E-state index < -0.39 is 0 Å². The highest BCUT2D eigenvalue weighted by Gasteiger charge is 2.12. The fourth-order valence-corrected chi connectivity index (χ4v) is 2.44. The van der Waals surface area contributed by atoms with E-state index >= 15 is 0 Å².